The molecule has 3 aromatic rings. The topological polar surface area (TPSA) is 43.2 Å². The zero-order valence-corrected chi connectivity index (χ0v) is 13.5. The van der Waals surface area contributed by atoms with Crippen molar-refractivity contribution in [3.63, 3.8) is 0 Å². The second kappa shape index (κ2) is 6.66. The summed E-state index contributed by atoms with van der Waals surface area (Å²) < 4.78 is 4.30. The fourth-order valence-electron chi connectivity index (χ4n) is 2.13. The van der Waals surface area contributed by atoms with Gasteiger partial charge < -0.3 is 4.99 Å². The summed E-state index contributed by atoms with van der Waals surface area (Å²) >= 11 is 1.29. The molecular weight excluding hydrogens is 292 g/mol. The summed E-state index contributed by atoms with van der Waals surface area (Å²) in [5.41, 5.74) is 3.19. The maximum absolute atomic E-state index is 4.54. The normalized spacial score (nSPS) is 13.3. The second-order valence-corrected chi connectivity index (χ2v) is 5.90. The lowest BCUT2D eigenvalue weighted by molar-refractivity contribution is -0.716. The van der Waals surface area contributed by atoms with Crippen LogP contribution in [0.5, 0.6) is 0 Å². The van der Waals surface area contributed by atoms with Gasteiger partial charge in [0.15, 0.2) is 0 Å². The summed E-state index contributed by atoms with van der Waals surface area (Å²) in [4.78, 5) is 6.80. The first-order valence-electron chi connectivity index (χ1n) is 7.39. The average Bonchev–Trinajstić information content (AvgIpc) is 3.04. The molecule has 4 nitrogen and oxygen atoms in total. The van der Waals surface area contributed by atoms with E-state index in [-0.39, 0.29) is 0 Å². The molecule has 5 heteroatoms. The van der Waals surface area contributed by atoms with Crippen molar-refractivity contribution in [2.45, 2.75) is 26.2 Å². The fourth-order valence-corrected chi connectivity index (χ4v) is 2.67. The van der Waals surface area contributed by atoms with E-state index in [9.17, 15) is 0 Å². The van der Waals surface area contributed by atoms with E-state index in [1.807, 2.05) is 42.5 Å². The highest BCUT2D eigenvalue weighted by molar-refractivity contribution is 7.02. The van der Waals surface area contributed by atoms with E-state index in [0.29, 0.717) is 10.7 Å². The highest BCUT2D eigenvalue weighted by atomic mass is 32.1. The number of benzene rings is 2. The molecule has 0 N–H and O–H groups in total. The first-order chi connectivity index (χ1) is 10.8. The minimum absolute atomic E-state index is 0.579. The van der Waals surface area contributed by atoms with Gasteiger partial charge in [0.1, 0.15) is 4.80 Å². The van der Waals surface area contributed by atoms with Gasteiger partial charge in [0.2, 0.25) is 5.69 Å². The van der Waals surface area contributed by atoms with Crippen LogP contribution in [0.3, 0.4) is 0 Å². The third kappa shape index (κ3) is 3.31. The Morgan fingerprint density at radius 2 is 1.86 bits per heavy atom. The maximum atomic E-state index is 4.54. The highest BCUT2D eigenvalue weighted by Gasteiger charge is 2.04. The Morgan fingerprint density at radius 1 is 1.14 bits per heavy atom. The maximum Gasteiger partial charge on any atom is 0.240 e. The van der Waals surface area contributed by atoms with E-state index in [0.717, 1.165) is 17.8 Å². The van der Waals surface area contributed by atoms with Gasteiger partial charge in [-0.25, -0.2) is 0 Å². The molecule has 3 rings (SSSR count). The van der Waals surface area contributed by atoms with Gasteiger partial charge in [-0.3, -0.25) is 0 Å². The Balaban J connectivity index is 1.85. The van der Waals surface area contributed by atoms with Crippen LogP contribution in [0.1, 0.15) is 31.7 Å². The summed E-state index contributed by atoms with van der Waals surface area (Å²) in [5.74, 6) is 0.579. The van der Waals surface area contributed by atoms with Crippen molar-refractivity contribution >= 4 is 17.2 Å². The first-order valence-corrected chi connectivity index (χ1v) is 8.17. The van der Waals surface area contributed by atoms with Crippen LogP contribution < -0.4 is 14.7 Å². The lowest BCUT2D eigenvalue weighted by atomic mass is 9.99. The lowest BCUT2D eigenvalue weighted by Gasteiger charge is -2.08. The smallest absolute Gasteiger partial charge is 0.240 e. The summed E-state index contributed by atoms with van der Waals surface area (Å²) in [6.07, 6.45) is 1.14. The summed E-state index contributed by atoms with van der Waals surface area (Å²) in [5, 5.41) is 4.41. The predicted molar refractivity (Wildman–Crippen MR) is 87.3 cm³/mol. The molecule has 0 aliphatic carbocycles. The minimum Gasteiger partial charge on any atom is -0.347 e. The lowest BCUT2D eigenvalue weighted by Crippen LogP contribution is -2.39. The van der Waals surface area contributed by atoms with Gasteiger partial charge in [0.05, 0.1) is 0 Å². The molecule has 0 saturated carbocycles. The SMILES string of the molecule is CCC(C)c1ccc(N=c2[n-][n+](-c3ccccc3)ns2)cc1. The highest BCUT2D eigenvalue weighted by Crippen LogP contribution is 2.21. The van der Waals surface area contributed by atoms with Gasteiger partial charge in [0.25, 0.3) is 0 Å². The van der Waals surface area contributed by atoms with Gasteiger partial charge in [-0.1, -0.05) is 65.9 Å². The summed E-state index contributed by atoms with van der Waals surface area (Å²) in [6.45, 7) is 4.44. The van der Waals surface area contributed by atoms with Crippen LogP contribution in [-0.4, -0.2) is 4.49 Å². The summed E-state index contributed by atoms with van der Waals surface area (Å²) in [6, 6.07) is 18.2. The molecule has 1 atom stereocenters. The van der Waals surface area contributed by atoms with E-state index < -0.39 is 0 Å². The van der Waals surface area contributed by atoms with Crippen molar-refractivity contribution in [2.75, 3.05) is 0 Å². The molecular formula is C17H18N4S. The van der Waals surface area contributed by atoms with Crippen LogP contribution in [0, 0.1) is 0 Å². The molecule has 0 aliphatic rings. The Hall–Kier alpha value is -2.27. The van der Waals surface area contributed by atoms with Crippen molar-refractivity contribution in [3.8, 4) is 5.69 Å². The van der Waals surface area contributed by atoms with E-state index in [4.69, 9.17) is 0 Å². The predicted octanol–water partition coefficient (Wildman–Crippen LogP) is 3.12. The Labute approximate surface area is 133 Å². The van der Waals surface area contributed by atoms with Gasteiger partial charge in [0, 0.05) is 12.1 Å². The Kier molecular flexibility index (Phi) is 4.44. The fraction of sp³-hybridized carbons (Fsp3) is 0.235. The van der Waals surface area contributed by atoms with Crippen molar-refractivity contribution in [2.24, 2.45) is 4.99 Å². The number of nitrogens with zero attached hydrogens (tertiary/aromatic N) is 4. The third-order valence-electron chi connectivity index (χ3n) is 3.67. The number of hydrogen-bond acceptors (Lipinski definition) is 3. The molecule has 0 fully saturated rings. The summed E-state index contributed by atoms with van der Waals surface area (Å²) in [7, 11) is 0. The standard InChI is InChI=1S/C17H18N4S/c1-3-13(2)14-9-11-15(12-10-14)18-17-19-21(20-22-17)16-7-5-4-6-8-16/h4-13H,3H2,1-2H3. The first kappa shape index (κ1) is 14.7. The van der Waals surface area contributed by atoms with Crippen LogP contribution in [0.4, 0.5) is 5.69 Å². The zero-order chi connectivity index (χ0) is 15.4. The quantitative estimate of drug-likeness (QED) is 0.695. The van der Waals surface area contributed by atoms with Crippen LogP contribution in [0.15, 0.2) is 59.6 Å². The van der Waals surface area contributed by atoms with Crippen LogP contribution in [-0.2, 0) is 0 Å². The zero-order valence-electron chi connectivity index (χ0n) is 12.7. The van der Waals surface area contributed by atoms with Crippen LogP contribution in [0.2, 0.25) is 0 Å². The van der Waals surface area contributed by atoms with Gasteiger partial charge in [-0.2, -0.15) is 0 Å². The molecule has 0 aliphatic heterocycles. The van der Waals surface area contributed by atoms with E-state index in [1.54, 1.807) is 4.80 Å². The Morgan fingerprint density at radius 3 is 2.55 bits per heavy atom. The van der Waals surface area contributed by atoms with Crippen LogP contribution in [0.25, 0.3) is 5.69 Å². The average molecular weight is 310 g/mol. The minimum atomic E-state index is 0.579. The Bertz CT molecular complexity index is 787. The molecule has 0 bridgehead atoms. The van der Waals surface area contributed by atoms with E-state index in [1.165, 1.54) is 17.1 Å². The van der Waals surface area contributed by atoms with E-state index in [2.05, 4.69) is 40.6 Å². The monoisotopic (exact) mass is 310 g/mol. The third-order valence-corrected chi connectivity index (χ3v) is 4.24. The van der Waals surface area contributed by atoms with Gasteiger partial charge >= 0.3 is 0 Å². The largest absolute Gasteiger partial charge is 0.347 e. The molecule has 0 spiro atoms. The van der Waals surface area contributed by atoms with Gasteiger partial charge in [-0.05, 0) is 39.9 Å². The van der Waals surface area contributed by atoms with Crippen molar-refractivity contribution in [3.05, 3.63) is 65.0 Å². The molecule has 2 aromatic carbocycles. The molecule has 1 aromatic heterocycles. The van der Waals surface area contributed by atoms with Crippen molar-refractivity contribution in [1.82, 2.24) is 9.59 Å². The molecule has 0 radical (unpaired) electrons. The van der Waals surface area contributed by atoms with Crippen LogP contribution >= 0.6 is 11.5 Å². The van der Waals surface area contributed by atoms with Crippen molar-refractivity contribution in [1.29, 1.82) is 0 Å². The molecule has 1 unspecified atom stereocenters. The molecule has 0 amide bonds. The number of rotatable bonds is 4. The van der Waals surface area contributed by atoms with Gasteiger partial charge in [-0.15, -0.1) is 0 Å². The number of hydrogen-bond donors (Lipinski definition) is 0. The second-order valence-electron chi connectivity index (χ2n) is 5.19. The number of para-hydroxylation sites is 1. The van der Waals surface area contributed by atoms with Crippen molar-refractivity contribution < 1.29 is 4.80 Å². The molecule has 1 heterocycles. The molecule has 0 saturated heterocycles. The molecule has 112 valence electrons. The molecule has 22 heavy (non-hydrogen) atoms. The number of aromatic nitrogens is 3. The van der Waals surface area contributed by atoms with E-state index >= 15 is 0 Å².